The van der Waals surface area contributed by atoms with Crippen LogP contribution in [0.1, 0.15) is 19.3 Å². The van der Waals surface area contributed by atoms with E-state index in [-0.39, 0.29) is 11.3 Å². The topological polar surface area (TPSA) is 60.2 Å². The Morgan fingerprint density at radius 2 is 2.21 bits per heavy atom. The maximum absolute atomic E-state index is 12.0. The molecule has 3 nitrogen and oxygen atoms in total. The fourth-order valence-electron chi connectivity index (χ4n) is 1.91. The van der Waals surface area contributed by atoms with E-state index >= 15 is 0 Å². The number of rotatable bonds is 2. The van der Waals surface area contributed by atoms with E-state index in [9.17, 15) is 8.42 Å². The lowest BCUT2D eigenvalue weighted by Gasteiger charge is -2.14. The van der Waals surface area contributed by atoms with Gasteiger partial charge in [-0.1, -0.05) is 12.5 Å². The molecule has 0 spiro atoms. The van der Waals surface area contributed by atoms with Crippen molar-refractivity contribution in [2.45, 2.75) is 34.8 Å². The van der Waals surface area contributed by atoms with Crippen LogP contribution in [0.5, 0.6) is 0 Å². The maximum atomic E-state index is 12.0. The standard InChI is InChI=1S/C9H13NO2S2/c10-7-3-1-4-8(7)14(11,12)9-5-2-6-13-9/h2,5-8H,1,3-4,10H2. The first kappa shape index (κ1) is 10.1. The van der Waals surface area contributed by atoms with E-state index in [0.717, 1.165) is 12.8 Å². The van der Waals surface area contributed by atoms with Gasteiger partial charge in [-0.15, -0.1) is 11.3 Å². The van der Waals surface area contributed by atoms with Gasteiger partial charge in [0.05, 0.1) is 5.25 Å². The summed E-state index contributed by atoms with van der Waals surface area (Å²) in [6.45, 7) is 0. The van der Waals surface area contributed by atoms with Crippen molar-refractivity contribution in [3.05, 3.63) is 17.5 Å². The van der Waals surface area contributed by atoms with Crippen LogP contribution in [0.15, 0.2) is 21.7 Å². The lowest BCUT2D eigenvalue weighted by Crippen LogP contribution is -2.35. The first-order chi connectivity index (χ1) is 6.62. The summed E-state index contributed by atoms with van der Waals surface area (Å²) in [5.74, 6) is 0. The average molecular weight is 231 g/mol. The molecular formula is C9H13NO2S2. The molecule has 1 saturated carbocycles. The van der Waals surface area contributed by atoms with Crippen LogP contribution >= 0.6 is 11.3 Å². The Balaban J connectivity index is 2.33. The molecule has 2 rings (SSSR count). The third-order valence-electron chi connectivity index (χ3n) is 2.68. The molecule has 1 aliphatic carbocycles. The largest absolute Gasteiger partial charge is 0.327 e. The molecule has 1 heterocycles. The van der Waals surface area contributed by atoms with Crippen molar-refractivity contribution in [3.63, 3.8) is 0 Å². The monoisotopic (exact) mass is 231 g/mol. The van der Waals surface area contributed by atoms with Crippen LogP contribution in [-0.2, 0) is 9.84 Å². The summed E-state index contributed by atoms with van der Waals surface area (Å²) < 4.78 is 24.5. The molecule has 1 fully saturated rings. The highest BCUT2D eigenvalue weighted by molar-refractivity contribution is 7.94. The minimum absolute atomic E-state index is 0.179. The van der Waals surface area contributed by atoms with E-state index in [1.54, 1.807) is 17.5 Å². The van der Waals surface area contributed by atoms with Crippen molar-refractivity contribution >= 4 is 21.2 Å². The summed E-state index contributed by atoms with van der Waals surface area (Å²) in [7, 11) is -3.15. The van der Waals surface area contributed by atoms with Crippen LogP contribution in [0.4, 0.5) is 0 Å². The van der Waals surface area contributed by atoms with Gasteiger partial charge < -0.3 is 5.73 Å². The molecular weight excluding hydrogens is 218 g/mol. The number of hydrogen-bond donors (Lipinski definition) is 1. The third-order valence-corrected chi connectivity index (χ3v) is 6.40. The number of thiophene rings is 1. The lowest BCUT2D eigenvalue weighted by molar-refractivity contribution is 0.570. The molecule has 1 aromatic rings. The van der Waals surface area contributed by atoms with E-state index in [4.69, 9.17) is 5.73 Å². The van der Waals surface area contributed by atoms with E-state index in [1.165, 1.54) is 11.3 Å². The van der Waals surface area contributed by atoms with E-state index in [1.807, 2.05) is 0 Å². The Kier molecular flexibility index (Phi) is 2.64. The van der Waals surface area contributed by atoms with E-state index in [0.29, 0.717) is 10.6 Å². The van der Waals surface area contributed by atoms with Gasteiger partial charge in [0.1, 0.15) is 4.21 Å². The summed E-state index contributed by atoms with van der Waals surface area (Å²) in [6.07, 6.45) is 2.47. The molecule has 2 atom stereocenters. The summed E-state index contributed by atoms with van der Waals surface area (Å²) in [5, 5.41) is 1.43. The number of hydrogen-bond acceptors (Lipinski definition) is 4. The molecule has 1 aromatic heterocycles. The van der Waals surface area contributed by atoms with Gasteiger partial charge in [-0.3, -0.25) is 0 Å². The predicted molar refractivity (Wildman–Crippen MR) is 57.1 cm³/mol. The Labute approximate surface area is 87.9 Å². The highest BCUT2D eigenvalue weighted by atomic mass is 32.2. The Hall–Kier alpha value is -0.390. The molecule has 0 radical (unpaired) electrons. The second kappa shape index (κ2) is 3.64. The molecule has 0 aliphatic heterocycles. The van der Waals surface area contributed by atoms with Crippen molar-refractivity contribution in [3.8, 4) is 0 Å². The fraction of sp³-hybridized carbons (Fsp3) is 0.556. The first-order valence-corrected chi connectivity index (χ1v) is 7.08. The number of nitrogens with two attached hydrogens (primary N) is 1. The van der Waals surface area contributed by atoms with E-state index in [2.05, 4.69) is 0 Å². The highest BCUT2D eigenvalue weighted by Gasteiger charge is 2.36. The molecule has 0 aromatic carbocycles. The van der Waals surface area contributed by atoms with Crippen LogP contribution in [0.3, 0.4) is 0 Å². The van der Waals surface area contributed by atoms with Crippen molar-refractivity contribution < 1.29 is 8.42 Å². The zero-order chi connectivity index (χ0) is 10.2. The second-order valence-corrected chi connectivity index (χ2v) is 6.95. The van der Waals surface area contributed by atoms with Crippen LogP contribution in [0, 0.1) is 0 Å². The van der Waals surface area contributed by atoms with Crippen molar-refractivity contribution in [1.82, 2.24) is 0 Å². The molecule has 0 amide bonds. The SMILES string of the molecule is NC1CCCC1S(=O)(=O)c1cccs1. The summed E-state index contributed by atoms with van der Waals surface area (Å²) in [4.78, 5) is 0. The fourth-order valence-corrected chi connectivity index (χ4v) is 5.08. The molecule has 14 heavy (non-hydrogen) atoms. The molecule has 0 bridgehead atoms. The van der Waals surface area contributed by atoms with Gasteiger partial charge in [0, 0.05) is 6.04 Å². The van der Waals surface area contributed by atoms with Crippen LogP contribution in [0.2, 0.25) is 0 Å². The van der Waals surface area contributed by atoms with Gasteiger partial charge >= 0.3 is 0 Å². The van der Waals surface area contributed by atoms with Crippen molar-refractivity contribution in [2.75, 3.05) is 0 Å². The van der Waals surface area contributed by atoms with Gasteiger partial charge in [0.25, 0.3) is 0 Å². The Bertz CT molecular complexity index is 396. The quantitative estimate of drug-likeness (QED) is 0.837. The Morgan fingerprint density at radius 3 is 2.71 bits per heavy atom. The average Bonchev–Trinajstić information content (AvgIpc) is 2.72. The second-order valence-electron chi connectivity index (χ2n) is 3.61. The lowest BCUT2D eigenvalue weighted by atomic mass is 10.3. The third kappa shape index (κ3) is 1.60. The minimum Gasteiger partial charge on any atom is -0.327 e. The normalized spacial score (nSPS) is 28.1. The molecule has 1 aliphatic rings. The predicted octanol–water partition coefficient (Wildman–Crippen LogP) is 1.40. The summed E-state index contributed by atoms with van der Waals surface area (Å²) >= 11 is 1.28. The zero-order valence-corrected chi connectivity index (χ0v) is 9.35. The van der Waals surface area contributed by atoms with E-state index < -0.39 is 9.84 Å². The minimum atomic E-state index is -3.15. The molecule has 0 saturated heterocycles. The van der Waals surface area contributed by atoms with Gasteiger partial charge in [-0.25, -0.2) is 8.42 Å². The zero-order valence-electron chi connectivity index (χ0n) is 7.72. The molecule has 2 unspecified atom stereocenters. The highest BCUT2D eigenvalue weighted by Crippen LogP contribution is 2.30. The van der Waals surface area contributed by atoms with Crippen LogP contribution in [0.25, 0.3) is 0 Å². The smallest absolute Gasteiger partial charge is 0.192 e. The van der Waals surface area contributed by atoms with Gasteiger partial charge in [-0.2, -0.15) is 0 Å². The molecule has 2 N–H and O–H groups in total. The number of sulfone groups is 1. The summed E-state index contributed by atoms with van der Waals surface area (Å²) in [5.41, 5.74) is 5.80. The summed E-state index contributed by atoms with van der Waals surface area (Å²) in [6, 6.07) is 3.24. The Morgan fingerprint density at radius 1 is 1.43 bits per heavy atom. The van der Waals surface area contributed by atoms with Gasteiger partial charge in [0.2, 0.25) is 0 Å². The van der Waals surface area contributed by atoms with Crippen molar-refractivity contribution in [1.29, 1.82) is 0 Å². The van der Waals surface area contributed by atoms with Crippen molar-refractivity contribution in [2.24, 2.45) is 5.73 Å². The van der Waals surface area contributed by atoms with Crippen LogP contribution in [-0.4, -0.2) is 19.7 Å². The van der Waals surface area contributed by atoms with Gasteiger partial charge in [-0.05, 0) is 24.3 Å². The molecule has 5 heteroatoms. The van der Waals surface area contributed by atoms with Gasteiger partial charge in [0.15, 0.2) is 9.84 Å². The molecule has 78 valence electrons. The van der Waals surface area contributed by atoms with Crippen LogP contribution < -0.4 is 5.73 Å². The maximum Gasteiger partial charge on any atom is 0.192 e. The first-order valence-electron chi connectivity index (χ1n) is 4.65.